The van der Waals surface area contributed by atoms with Crippen molar-refractivity contribution in [2.75, 3.05) is 44.6 Å². The molecule has 2 aliphatic heterocycles. The van der Waals surface area contributed by atoms with Crippen molar-refractivity contribution < 1.29 is 4.74 Å². The first kappa shape index (κ1) is 18.8. The molecule has 4 heterocycles. The second-order valence-corrected chi connectivity index (χ2v) is 8.45. The van der Waals surface area contributed by atoms with Crippen LogP contribution in [0.1, 0.15) is 29.7 Å². The molecule has 0 aliphatic carbocycles. The van der Waals surface area contributed by atoms with E-state index in [4.69, 9.17) is 4.74 Å². The summed E-state index contributed by atoms with van der Waals surface area (Å²) in [5.74, 6) is 0.701. The molecular formula is C20H29N5OS. The van der Waals surface area contributed by atoms with Gasteiger partial charge in [0.1, 0.15) is 0 Å². The molecule has 6 nitrogen and oxygen atoms in total. The fourth-order valence-corrected chi connectivity index (χ4v) is 4.51. The summed E-state index contributed by atoms with van der Waals surface area (Å²) in [4.78, 5) is 15.5. The number of hydrogen-bond donors (Lipinski definition) is 1. The van der Waals surface area contributed by atoms with Crippen molar-refractivity contribution in [2.24, 2.45) is 0 Å². The molecule has 0 aromatic carbocycles. The summed E-state index contributed by atoms with van der Waals surface area (Å²) < 4.78 is 5.62. The Kier molecular flexibility index (Phi) is 6.68. The van der Waals surface area contributed by atoms with Gasteiger partial charge in [-0.3, -0.25) is 9.80 Å². The van der Waals surface area contributed by atoms with Crippen LogP contribution < -0.4 is 5.32 Å². The monoisotopic (exact) mass is 387 g/mol. The average Bonchev–Trinajstić information content (AvgIpc) is 3.35. The lowest BCUT2D eigenvalue weighted by Crippen LogP contribution is -2.30. The Morgan fingerprint density at radius 2 is 1.89 bits per heavy atom. The third-order valence-corrected chi connectivity index (χ3v) is 6.13. The topological polar surface area (TPSA) is 53.5 Å². The van der Waals surface area contributed by atoms with Gasteiger partial charge in [-0.25, -0.2) is 9.97 Å². The SMILES string of the molecule is c1csc(CN2CCCN(Cc3cnc(NCC4CCCO4)nc3)CC2)c1. The fourth-order valence-electron chi connectivity index (χ4n) is 3.76. The predicted molar refractivity (Wildman–Crippen MR) is 109 cm³/mol. The second-order valence-electron chi connectivity index (χ2n) is 7.42. The quantitative estimate of drug-likeness (QED) is 0.788. The predicted octanol–water partition coefficient (Wildman–Crippen LogP) is 2.84. The molecule has 2 aliphatic rings. The van der Waals surface area contributed by atoms with Gasteiger partial charge >= 0.3 is 0 Å². The van der Waals surface area contributed by atoms with Gasteiger partial charge in [-0.1, -0.05) is 6.07 Å². The van der Waals surface area contributed by atoms with Gasteiger partial charge in [0.15, 0.2) is 0 Å². The van der Waals surface area contributed by atoms with Crippen molar-refractivity contribution in [3.8, 4) is 0 Å². The van der Waals surface area contributed by atoms with E-state index in [0.29, 0.717) is 12.1 Å². The minimum atomic E-state index is 0.308. The number of nitrogens with one attached hydrogen (secondary N) is 1. The minimum Gasteiger partial charge on any atom is -0.376 e. The average molecular weight is 388 g/mol. The van der Waals surface area contributed by atoms with Crippen molar-refractivity contribution in [1.29, 1.82) is 0 Å². The van der Waals surface area contributed by atoms with E-state index in [1.54, 1.807) is 0 Å². The molecule has 7 heteroatoms. The van der Waals surface area contributed by atoms with Crippen LogP contribution >= 0.6 is 11.3 Å². The van der Waals surface area contributed by atoms with E-state index >= 15 is 0 Å². The van der Waals surface area contributed by atoms with Crippen LogP contribution in [-0.2, 0) is 17.8 Å². The number of ether oxygens (including phenoxy) is 1. The van der Waals surface area contributed by atoms with Crippen LogP contribution in [0.3, 0.4) is 0 Å². The van der Waals surface area contributed by atoms with Crippen LogP contribution in [0.15, 0.2) is 29.9 Å². The molecule has 1 N–H and O–H groups in total. The van der Waals surface area contributed by atoms with Gasteiger partial charge in [0.05, 0.1) is 6.10 Å². The van der Waals surface area contributed by atoms with Gasteiger partial charge in [0.2, 0.25) is 5.95 Å². The van der Waals surface area contributed by atoms with Crippen molar-refractivity contribution in [1.82, 2.24) is 19.8 Å². The molecule has 27 heavy (non-hydrogen) atoms. The Bertz CT molecular complexity index is 672. The van der Waals surface area contributed by atoms with Crippen LogP contribution in [0.5, 0.6) is 0 Å². The van der Waals surface area contributed by atoms with E-state index in [0.717, 1.165) is 58.7 Å². The van der Waals surface area contributed by atoms with Crippen LogP contribution in [0.25, 0.3) is 0 Å². The van der Waals surface area contributed by atoms with Gasteiger partial charge in [0.25, 0.3) is 0 Å². The Morgan fingerprint density at radius 1 is 1.07 bits per heavy atom. The molecular weight excluding hydrogens is 358 g/mol. The summed E-state index contributed by atoms with van der Waals surface area (Å²) in [7, 11) is 0. The van der Waals surface area contributed by atoms with Gasteiger partial charge in [-0.15, -0.1) is 11.3 Å². The van der Waals surface area contributed by atoms with Crippen LogP contribution in [0.2, 0.25) is 0 Å². The Balaban J connectivity index is 1.22. The first-order chi connectivity index (χ1) is 13.3. The first-order valence-corrected chi connectivity index (χ1v) is 10.9. The molecule has 1 unspecified atom stereocenters. The Hall–Kier alpha value is -1.54. The molecule has 0 saturated carbocycles. The summed E-state index contributed by atoms with van der Waals surface area (Å²) in [5.41, 5.74) is 1.18. The fraction of sp³-hybridized carbons (Fsp3) is 0.600. The molecule has 2 saturated heterocycles. The molecule has 4 rings (SSSR count). The Labute approximate surface area is 165 Å². The van der Waals surface area contributed by atoms with Crippen molar-refractivity contribution >= 4 is 17.3 Å². The maximum atomic E-state index is 5.62. The summed E-state index contributed by atoms with van der Waals surface area (Å²) in [5, 5.41) is 5.45. The summed E-state index contributed by atoms with van der Waals surface area (Å²) in [6.45, 7) is 8.23. The van der Waals surface area contributed by atoms with Gasteiger partial charge < -0.3 is 10.1 Å². The molecule has 0 spiro atoms. The summed E-state index contributed by atoms with van der Waals surface area (Å²) in [6, 6.07) is 4.38. The number of aromatic nitrogens is 2. The van der Waals surface area contributed by atoms with E-state index in [1.165, 1.54) is 23.4 Å². The minimum absolute atomic E-state index is 0.308. The lowest BCUT2D eigenvalue weighted by molar-refractivity contribution is 0.120. The highest BCUT2D eigenvalue weighted by atomic mass is 32.1. The maximum absolute atomic E-state index is 5.62. The summed E-state index contributed by atoms with van der Waals surface area (Å²) in [6.07, 6.45) is 7.73. The number of rotatable bonds is 7. The normalized spacial score (nSPS) is 22.0. The second kappa shape index (κ2) is 9.59. The smallest absolute Gasteiger partial charge is 0.222 e. The lowest BCUT2D eigenvalue weighted by Gasteiger charge is -2.21. The van der Waals surface area contributed by atoms with Gasteiger partial charge in [-0.2, -0.15) is 0 Å². The molecule has 0 bridgehead atoms. The van der Waals surface area contributed by atoms with Gasteiger partial charge in [-0.05, 0) is 43.8 Å². The molecule has 2 fully saturated rings. The van der Waals surface area contributed by atoms with Gasteiger partial charge in [0, 0.05) is 62.2 Å². The zero-order valence-electron chi connectivity index (χ0n) is 15.8. The van der Waals surface area contributed by atoms with E-state index in [1.807, 2.05) is 23.7 Å². The first-order valence-electron chi connectivity index (χ1n) is 9.99. The summed E-state index contributed by atoms with van der Waals surface area (Å²) >= 11 is 1.85. The van der Waals surface area contributed by atoms with E-state index in [9.17, 15) is 0 Å². The van der Waals surface area contributed by atoms with E-state index in [-0.39, 0.29) is 0 Å². The molecule has 146 valence electrons. The van der Waals surface area contributed by atoms with Crippen LogP contribution in [0, 0.1) is 0 Å². The van der Waals surface area contributed by atoms with Crippen molar-refractivity contribution in [2.45, 2.75) is 38.5 Å². The molecule has 0 radical (unpaired) electrons. The highest BCUT2D eigenvalue weighted by Gasteiger charge is 2.17. The number of nitrogens with zero attached hydrogens (tertiary/aromatic N) is 4. The highest BCUT2D eigenvalue weighted by Crippen LogP contribution is 2.15. The molecule has 0 amide bonds. The molecule has 1 atom stereocenters. The van der Waals surface area contributed by atoms with E-state index in [2.05, 4.69) is 42.6 Å². The lowest BCUT2D eigenvalue weighted by atomic mass is 10.2. The number of thiophene rings is 1. The number of anilines is 1. The van der Waals surface area contributed by atoms with Crippen LogP contribution in [-0.4, -0.2) is 65.2 Å². The Morgan fingerprint density at radius 3 is 2.59 bits per heavy atom. The molecule has 2 aromatic heterocycles. The van der Waals surface area contributed by atoms with E-state index < -0.39 is 0 Å². The maximum Gasteiger partial charge on any atom is 0.222 e. The third-order valence-electron chi connectivity index (χ3n) is 5.26. The number of hydrogen-bond acceptors (Lipinski definition) is 7. The largest absolute Gasteiger partial charge is 0.376 e. The zero-order valence-corrected chi connectivity index (χ0v) is 16.7. The standard InChI is InChI=1S/C20H29N5OS/c1-4-18(26-10-1)14-23-20-21-12-17(13-22-20)15-24-6-3-7-25(9-8-24)16-19-5-2-11-27-19/h2,5,11-13,18H,1,3-4,6-10,14-16H2,(H,21,22,23). The van der Waals surface area contributed by atoms with Crippen molar-refractivity contribution in [3.63, 3.8) is 0 Å². The van der Waals surface area contributed by atoms with Crippen LogP contribution in [0.4, 0.5) is 5.95 Å². The highest BCUT2D eigenvalue weighted by molar-refractivity contribution is 7.09. The molecule has 2 aromatic rings. The zero-order chi connectivity index (χ0) is 18.3. The third kappa shape index (κ3) is 5.72. The van der Waals surface area contributed by atoms with Crippen molar-refractivity contribution in [3.05, 3.63) is 40.3 Å².